The van der Waals surface area contributed by atoms with Crippen LogP contribution in [0.1, 0.15) is 26.3 Å². The molecule has 0 saturated carbocycles. The van der Waals surface area contributed by atoms with Crippen molar-refractivity contribution in [3.05, 3.63) is 35.9 Å². The van der Waals surface area contributed by atoms with Crippen molar-refractivity contribution < 1.29 is 9.59 Å². The maximum absolute atomic E-state index is 11.9. The van der Waals surface area contributed by atoms with Crippen LogP contribution >= 0.6 is 11.8 Å². The molecule has 1 N–H and O–H groups in total. The third-order valence-electron chi connectivity index (χ3n) is 2.78. The van der Waals surface area contributed by atoms with Crippen molar-refractivity contribution in [3.8, 4) is 0 Å². The number of thioether (sulfide) groups is 1. The summed E-state index contributed by atoms with van der Waals surface area (Å²) >= 11 is 1.21. The number of nitrogens with one attached hydrogen (secondary N) is 1. The van der Waals surface area contributed by atoms with Gasteiger partial charge < -0.3 is 5.32 Å². The Bertz CT molecular complexity index is 406. The molecule has 4 heteroatoms. The van der Waals surface area contributed by atoms with E-state index in [1.807, 2.05) is 44.2 Å². The number of benzene rings is 1. The fourth-order valence-corrected chi connectivity index (χ4v) is 2.37. The minimum absolute atomic E-state index is 0.00160. The lowest BCUT2D eigenvalue weighted by molar-refractivity contribution is -0.124. The average Bonchev–Trinajstić information content (AvgIpc) is 2.35. The highest BCUT2D eigenvalue weighted by molar-refractivity contribution is 8.14. The first-order valence-electron chi connectivity index (χ1n) is 5.99. The Morgan fingerprint density at radius 3 is 2.39 bits per heavy atom. The van der Waals surface area contributed by atoms with Crippen LogP contribution in [0.4, 0.5) is 0 Å². The summed E-state index contributed by atoms with van der Waals surface area (Å²) in [4.78, 5) is 22.9. The molecule has 0 aliphatic rings. The molecule has 0 aliphatic heterocycles. The summed E-state index contributed by atoms with van der Waals surface area (Å²) in [6, 6.07) is 9.77. The van der Waals surface area contributed by atoms with Crippen LogP contribution in [-0.2, 0) is 16.1 Å². The van der Waals surface area contributed by atoms with Crippen molar-refractivity contribution >= 4 is 22.8 Å². The summed E-state index contributed by atoms with van der Waals surface area (Å²) in [5.41, 5.74) is 1.07. The van der Waals surface area contributed by atoms with E-state index >= 15 is 0 Å². The fraction of sp³-hybridized carbons (Fsp3) is 0.429. The van der Waals surface area contributed by atoms with E-state index in [1.165, 1.54) is 18.7 Å². The van der Waals surface area contributed by atoms with Crippen LogP contribution in [-0.4, -0.2) is 16.3 Å². The molecular formula is C14H19NO2S. The lowest BCUT2D eigenvalue weighted by Gasteiger charge is -2.17. The van der Waals surface area contributed by atoms with Crippen molar-refractivity contribution in [2.24, 2.45) is 5.92 Å². The second-order valence-corrected chi connectivity index (χ2v) is 5.86. The first-order chi connectivity index (χ1) is 8.50. The standard InChI is InChI=1S/C14H19NO2S/c1-10(11(2)18-12(3)16)14(17)15-9-13-7-5-4-6-8-13/h4-8,10-11H,9H2,1-3H3,(H,15,17)/t10-,11+/m0/s1. The van der Waals surface area contributed by atoms with Gasteiger partial charge in [0.15, 0.2) is 5.12 Å². The fourth-order valence-electron chi connectivity index (χ4n) is 1.52. The Hall–Kier alpha value is -1.29. The Morgan fingerprint density at radius 1 is 1.22 bits per heavy atom. The molecule has 0 spiro atoms. The Kier molecular flexibility index (Phi) is 5.92. The van der Waals surface area contributed by atoms with Gasteiger partial charge in [0.2, 0.25) is 5.91 Å². The number of hydrogen-bond donors (Lipinski definition) is 1. The molecule has 0 radical (unpaired) electrons. The van der Waals surface area contributed by atoms with Gasteiger partial charge >= 0.3 is 0 Å². The minimum Gasteiger partial charge on any atom is -0.352 e. The second-order valence-electron chi connectivity index (χ2n) is 4.31. The predicted molar refractivity (Wildman–Crippen MR) is 75.2 cm³/mol. The van der Waals surface area contributed by atoms with E-state index in [4.69, 9.17) is 0 Å². The third-order valence-corrected chi connectivity index (χ3v) is 3.89. The van der Waals surface area contributed by atoms with Gasteiger partial charge in [0.05, 0.1) is 0 Å². The molecule has 0 heterocycles. The topological polar surface area (TPSA) is 46.2 Å². The number of hydrogen-bond acceptors (Lipinski definition) is 3. The number of amides is 1. The van der Waals surface area contributed by atoms with Gasteiger partial charge in [-0.15, -0.1) is 0 Å². The zero-order chi connectivity index (χ0) is 13.5. The summed E-state index contributed by atoms with van der Waals surface area (Å²) in [5.74, 6) is -0.192. The Balaban J connectivity index is 2.43. The highest BCUT2D eigenvalue weighted by Gasteiger charge is 2.21. The van der Waals surface area contributed by atoms with Gasteiger partial charge in [0, 0.05) is 24.6 Å². The molecule has 2 atom stereocenters. The van der Waals surface area contributed by atoms with Crippen LogP contribution < -0.4 is 5.32 Å². The molecule has 1 amide bonds. The summed E-state index contributed by atoms with van der Waals surface area (Å²) in [5, 5.41) is 2.93. The van der Waals surface area contributed by atoms with Gasteiger partial charge in [0.25, 0.3) is 0 Å². The van der Waals surface area contributed by atoms with E-state index in [1.54, 1.807) is 0 Å². The molecule has 1 aromatic rings. The summed E-state index contributed by atoms with van der Waals surface area (Å²) in [6.45, 7) is 5.80. The molecule has 0 bridgehead atoms. The maximum atomic E-state index is 11.9. The maximum Gasteiger partial charge on any atom is 0.224 e. The Labute approximate surface area is 112 Å². The minimum atomic E-state index is -0.178. The lowest BCUT2D eigenvalue weighted by Crippen LogP contribution is -2.33. The highest BCUT2D eigenvalue weighted by Crippen LogP contribution is 2.19. The molecule has 0 saturated heterocycles. The van der Waals surface area contributed by atoms with Crippen LogP contribution in [0.3, 0.4) is 0 Å². The molecule has 1 aromatic carbocycles. The Morgan fingerprint density at radius 2 is 1.83 bits per heavy atom. The molecule has 0 aliphatic carbocycles. The second kappa shape index (κ2) is 7.21. The zero-order valence-corrected chi connectivity index (χ0v) is 11.8. The molecule has 98 valence electrons. The van der Waals surface area contributed by atoms with Crippen molar-refractivity contribution in [2.45, 2.75) is 32.6 Å². The van der Waals surface area contributed by atoms with Crippen LogP contribution in [0.5, 0.6) is 0 Å². The summed E-state index contributed by atoms with van der Waals surface area (Å²) < 4.78 is 0. The van der Waals surface area contributed by atoms with E-state index in [0.717, 1.165) is 5.56 Å². The van der Waals surface area contributed by atoms with E-state index < -0.39 is 0 Å². The van der Waals surface area contributed by atoms with E-state index in [0.29, 0.717) is 6.54 Å². The molecule has 18 heavy (non-hydrogen) atoms. The van der Waals surface area contributed by atoms with Gasteiger partial charge in [-0.05, 0) is 5.56 Å². The van der Waals surface area contributed by atoms with Gasteiger partial charge in [-0.25, -0.2) is 0 Å². The molecule has 0 unspecified atom stereocenters. The average molecular weight is 265 g/mol. The molecular weight excluding hydrogens is 246 g/mol. The lowest BCUT2D eigenvalue weighted by atomic mass is 10.1. The quantitative estimate of drug-likeness (QED) is 0.890. The summed E-state index contributed by atoms with van der Waals surface area (Å²) in [6.07, 6.45) is 0. The first kappa shape index (κ1) is 14.8. The molecule has 3 nitrogen and oxygen atoms in total. The monoisotopic (exact) mass is 265 g/mol. The zero-order valence-electron chi connectivity index (χ0n) is 11.0. The van der Waals surface area contributed by atoms with Crippen molar-refractivity contribution in [1.82, 2.24) is 5.32 Å². The van der Waals surface area contributed by atoms with Crippen LogP contribution in [0.2, 0.25) is 0 Å². The van der Waals surface area contributed by atoms with E-state index in [-0.39, 0.29) is 22.2 Å². The molecule has 1 rings (SSSR count). The van der Waals surface area contributed by atoms with Gasteiger partial charge in [-0.2, -0.15) is 0 Å². The first-order valence-corrected chi connectivity index (χ1v) is 6.87. The van der Waals surface area contributed by atoms with Crippen LogP contribution in [0, 0.1) is 5.92 Å². The van der Waals surface area contributed by atoms with Crippen LogP contribution in [0.25, 0.3) is 0 Å². The number of carbonyl (C=O) groups excluding carboxylic acids is 2. The molecule has 0 aromatic heterocycles. The van der Waals surface area contributed by atoms with E-state index in [2.05, 4.69) is 5.32 Å². The third kappa shape index (κ3) is 4.92. The van der Waals surface area contributed by atoms with Gasteiger partial charge in [-0.3, -0.25) is 9.59 Å². The predicted octanol–water partition coefficient (Wildman–Crippen LogP) is 2.61. The van der Waals surface area contributed by atoms with Crippen LogP contribution in [0.15, 0.2) is 30.3 Å². The number of carbonyl (C=O) groups is 2. The molecule has 0 fully saturated rings. The van der Waals surface area contributed by atoms with Crippen molar-refractivity contribution in [2.75, 3.05) is 0 Å². The van der Waals surface area contributed by atoms with Crippen molar-refractivity contribution in [3.63, 3.8) is 0 Å². The largest absolute Gasteiger partial charge is 0.352 e. The highest BCUT2D eigenvalue weighted by atomic mass is 32.2. The van der Waals surface area contributed by atoms with Gasteiger partial charge in [-0.1, -0.05) is 55.9 Å². The number of rotatable bonds is 5. The van der Waals surface area contributed by atoms with Gasteiger partial charge in [0.1, 0.15) is 0 Å². The smallest absolute Gasteiger partial charge is 0.224 e. The summed E-state index contributed by atoms with van der Waals surface area (Å²) in [7, 11) is 0. The SMILES string of the molecule is CC(=O)S[C@H](C)[C@H](C)C(=O)NCc1ccccc1. The normalized spacial score (nSPS) is 13.7. The van der Waals surface area contributed by atoms with Crippen molar-refractivity contribution in [1.29, 1.82) is 0 Å². The van der Waals surface area contributed by atoms with E-state index in [9.17, 15) is 9.59 Å².